The summed E-state index contributed by atoms with van der Waals surface area (Å²) in [5.41, 5.74) is 7.82. The van der Waals surface area contributed by atoms with Crippen LogP contribution in [0, 0.1) is 0 Å². The zero-order chi connectivity index (χ0) is 13.9. The highest BCUT2D eigenvalue weighted by atomic mass is 32.2. The summed E-state index contributed by atoms with van der Waals surface area (Å²) >= 11 is 0. The van der Waals surface area contributed by atoms with Crippen LogP contribution in [0.2, 0.25) is 0 Å². The number of benzene rings is 2. The normalized spacial score (nSPS) is 11.4. The van der Waals surface area contributed by atoms with E-state index >= 15 is 0 Å². The van der Waals surface area contributed by atoms with Gasteiger partial charge in [-0.2, -0.15) is 0 Å². The number of hydrogen-bond donors (Lipinski definition) is 1. The zero-order valence-electron chi connectivity index (χ0n) is 10.8. The zero-order valence-corrected chi connectivity index (χ0v) is 11.7. The predicted molar refractivity (Wildman–Crippen MR) is 77.6 cm³/mol. The van der Waals surface area contributed by atoms with Crippen molar-refractivity contribution >= 4 is 15.5 Å². The fourth-order valence-electron chi connectivity index (χ4n) is 2.08. The summed E-state index contributed by atoms with van der Waals surface area (Å²) in [6.45, 7) is 1.95. The summed E-state index contributed by atoms with van der Waals surface area (Å²) in [6.07, 6.45) is 0.701. The molecule has 0 aliphatic rings. The number of hydrogen-bond acceptors (Lipinski definition) is 3. The van der Waals surface area contributed by atoms with Gasteiger partial charge in [0.25, 0.3) is 0 Å². The molecular formula is C15H17NO2S. The number of rotatable bonds is 4. The van der Waals surface area contributed by atoms with Crippen LogP contribution < -0.4 is 5.73 Å². The molecule has 0 heterocycles. The van der Waals surface area contributed by atoms with E-state index in [1.807, 2.05) is 19.1 Å². The van der Waals surface area contributed by atoms with Crippen LogP contribution in [-0.2, 0) is 22.0 Å². The molecule has 0 saturated heterocycles. The van der Waals surface area contributed by atoms with E-state index in [-0.39, 0.29) is 5.75 Å². The maximum Gasteiger partial charge on any atom is 0.182 e. The van der Waals surface area contributed by atoms with Gasteiger partial charge in [0.15, 0.2) is 9.84 Å². The molecule has 0 fully saturated rings. The van der Waals surface area contributed by atoms with Crippen molar-refractivity contribution in [3.8, 4) is 0 Å². The summed E-state index contributed by atoms with van der Waals surface area (Å²) in [5, 5.41) is 0. The highest BCUT2D eigenvalue weighted by Gasteiger charge is 2.18. The van der Waals surface area contributed by atoms with Crippen LogP contribution in [0.1, 0.15) is 18.1 Å². The molecular weight excluding hydrogens is 258 g/mol. The van der Waals surface area contributed by atoms with Crippen LogP contribution in [0.15, 0.2) is 53.4 Å². The molecule has 0 spiro atoms. The Balaban J connectivity index is 2.38. The topological polar surface area (TPSA) is 60.2 Å². The molecule has 0 aliphatic carbocycles. The van der Waals surface area contributed by atoms with Crippen molar-refractivity contribution in [2.75, 3.05) is 5.73 Å². The van der Waals surface area contributed by atoms with E-state index in [0.29, 0.717) is 22.6 Å². The Labute approximate surface area is 114 Å². The molecule has 0 unspecified atom stereocenters. The van der Waals surface area contributed by atoms with Crippen molar-refractivity contribution in [1.82, 2.24) is 0 Å². The van der Waals surface area contributed by atoms with E-state index in [9.17, 15) is 8.42 Å². The number of nitrogen functional groups attached to an aromatic ring is 1. The van der Waals surface area contributed by atoms with E-state index in [1.165, 1.54) is 0 Å². The Bertz CT molecular complexity index is 678. The van der Waals surface area contributed by atoms with Crippen molar-refractivity contribution in [3.63, 3.8) is 0 Å². The minimum Gasteiger partial charge on any atom is -0.399 e. The molecule has 3 nitrogen and oxygen atoms in total. The fourth-order valence-corrected chi connectivity index (χ4v) is 3.75. The van der Waals surface area contributed by atoms with Gasteiger partial charge < -0.3 is 5.73 Å². The predicted octanol–water partition coefficient (Wildman–Crippen LogP) is 2.81. The fraction of sp³-hybridized carbons (Fsp3) is 0.200. The van der Waals surface area contributed by atoms with Crippen LogP contribution in [0.3, 0.4) is 0 Å². The van der Waals surface area contributed by atoms with Crippen molar-refractivity contribution in [3.05, 3.63) is 59.7 Å². The number of aryl methyl sites for hydroxylation is 1. The van der Waals surface area contributed by atoms with Gasteiger partial charge in [-0.1, -0.05) is 37.3 Å². The van der Waals surface area contributed by atoms with E-state index in [0.717, 1.165) is 5.56 Å². The molecule has 2 rings (SSSR count). The molecule has 0 aromatic heterocycles. The quantitative estimate of drug-likeness (QED) is 0.873. The van der Waals surface area contributed by atoms with Crippen LogP contribution >= 0.6 is 0 Å². The van der Waals surface area contributed by atoms with E-state index in [4.69, 9.17) is 5.73 Å². The second-order valence-corrected chi connectivity index (χ2v) is 6.42. The average molecular weight is 275 g/mol. The molecule has 0 amide bonds. The standard InChI is InChI=1S/C15H17NO2S/c1-2-13-7-3-4-9-15(13)19(17,18)11-12-6-5-8-14(16)10-12/h3-10H,2,11,16H2,1H3. The second-order valence-electron chi connectivity index (χ2n) is 4.47. The van der Waals surface area contributed by atoms with E-state index < -0.39 is 9.84 Å². The van der Waals surface area contributed by atoms with Crippen molar-refractivity contribution in [2.45, 2.75) is 24.0 Å². The molecule has 0 atom stereocenters. The van der Waals surface area contributed by atoms with Crippen LogP contribution in [-0.4, -0.2) is 8.42 Å². The summed E-state index contributed by atoms with van der Waals surface area (Å²) in [4.78, 5) is 0.417. The molecule has 4 heteroatoms. The van der Waals surface area contributed by atoms with Crippen LogP contribution in [0.5, 0.6) is 0 Å². The molecule has 100 valence electrons. The Morgan fingerprint density at radius 1 is 1.05 bits per heavy atom. The van der Waals surface area contributed by atoms with Crippen molar-refractivity contribution in [1.29, 1.82) is 0 Å². The maximum absolute atomic E-state index is 12.5. The van der Waals surface area contributed by atoms with Crippen LogP contribution in [0.4, 0.5) is 5.69 Å². The molecule has 2 N–H and O–H groups in total. The van der Waals surface area contributed by atoms with Crippen molar-refractivity contribution in [2.24, 2.45) is 0 Å². The number of sulfone groups is 1. The Morgan fingerprint density at radius 2 is 1.79 bits per heavy atom. The first kappa shape index (κ1) is 13.6. The molecule has 2 aromatic rings. The Morgan fingerprint density at radius 3 is 2.47 bits per heavy atom. The molecule has 0 bridgehead atoms. The highest BCUT2D eigenvalue weighted by Crippen LogP contribution is 2.21. The number of anilines is 1. The van der Waals surface area contributed by atoms with Gasteiger partial charge >= 0.3 is 0 Å². The lowest BCUT2D eigenvalue weighted by Crippen LogP contribution is -2.08. The summed E-state index contributed by atoms with van der Waals surface area (Å²) in [6, 6.07) is 14.1. The second kappa shape index (κ2) is 5.45. The minimum absolute atomic E-state index is 0.0188. The highest BCUT2D eigenvalue weighted by molar-refractivity contribution is 7.90. The first-order chi connectivity index (χ1) is 9.03. The lowest BCUT2D eigenvalue weighted by atomic mass is 10.2. The summed E-state index contributed by atoms with van der Waals surface area (Å²) in [5.74, 6) is -0.0188. The van der Waals surface area contributed by atoms with Gasteiger partial charge in [0.05, 0.1) is 10.6 Å². The molecule has 0 radical (unpaired) electrons. The van der Waals surface area contributed by atoms with Gasteiger partial charge in [-0.3, -0.25) is 0 Å². The largest absolute Gasteiger partial charge is 0.399 e. The van der Waals surface area contributed by atoms with Gasteiger partial charge in [0.1, 0.15) is 0 Å². The molecule has 0 saturated carbocycles. The Hall–Kier alpha value is -1.81. The van der Waals surface area contributed by atoms with Gasteiger partial charge in [-0.15, -0.1) is 0 Å². The van der Waals surface area contributed by atoms with E-state index in [1.54, 1.807) is 36.4 Å². The first-order valence-corrected chi connectivity index (χ1v) is 7.83. The first-order valence-electron chi connectivity index (χ1n) is 6.18. The van der Waals surface area contributed by atoms with Gasteiger partial charge in [-0.25, -0.2) is 8.42 Å². The third-order valence-electron chi connectivity index (χ3n) is 3.00. The number of nitrogens with two attached hydrogens (primary N) is 1. The smallest absolute Gasteiger partial charge is 0.182 e. The third-order valence-corrected chi connectivity index (χ3v) is 4.78. The van der Waals surface area contributed by atoms with Gasteiger partial charge in [-0.05, 0) is 35.7 Å². The van der Waals surface area contributed by atoms with E-state index in [2.05, 4.69) is 0 Å². The average Bonchev–Trinajstić information content (AvgIpc) is 2.38. The lowest BCUT2D eigenvalue weighted by molar-refractivity contribution is 0.594. The third kappa shape index (κ3) is 3.15. The molecule has 0 aliphatic heterocycles. The van der Waals surface area contributed by atoms with Gasteiger partial charge in [0, 0.05) is 5.69 Å². The van der Waals surface area contributed by atoms with Gasteiger partial charge in [0.2, 0.25) is 0 Å². The minimum atomic E-state index is -3.33. The maximum atomic E-state index is 12.5. The summed E-state index contributed by atoms with van der Waals surface area (Å²) in [7, 11) is -3.33. The van der Waals surface area contributed by atoms with Crippen LogP contribution in [0.25, 0.3) is 0 Å². The lowest BCUT2D eigenvalue weighted by Gasteiger charge is -2.09. The van der Waals surface area contributed by atoms with Crippen molar-refractivity contribution < 1.29 is 8.42 Å². The summed E-state index contributed by atoms with van der Waals surface area (Å²) < 4.78 is 24.9. The molecule has 2 aromatic carbocycles. The Kier molecular flexibility index (Phi) is 3.90. The molecule has 19 heavy (non-hydrogen) atoms. The monoisotopic (exact) mass is 275 g/mol. The SMILES string of the molecule is CCc1ccccc1S(=O)(=O)Cc1cccc(N)c1.